The second-order valence-electron chi connectivity index (χ2n) is 34.5. The van der Waals surface area contributed by atoms with Crippen LogP contribution in [0, 0.1) is 0 Å². The number of esters is 6. The smallest absolute Gasteiger partial charge is 0.343 e. The van der Waals surface area contributed by atoms with Crippen LogP contribution in [0.3, 0.4) is 0 Å². The fourth-order valence-corrected chi connectivity index (χ4v) is 17.8. The molecule has 0 aromatic heterocycles. The van der Waals surface area contributed by atoms with Gasteiger partial charge in [-0.15, -0.1) is 0 Å². The van der Waals surface area contributed by atoms with Crippen molar-refractivity contribution >= 4 is 70.5 Å². The van der Waals surface area contributed by atoms with Gasteiger partial charge in [-0.05, 0) is 146 Å². The molecule has 0 saturated heterocycles. The predicted molar refractivity (Wildman–Crippen MR) is 543 cm³/mol. The van der Waals surface area contributed by atoms with E-state index in [9.17, 15) is 0 Å². The van der Waals surface area contributed by atoms with Gasteiger partial charge in [0, 0.05) is 172 Å². The number of hydrogen-bond donors (Lipinski definition) is 0. The number of ketones is 6. The van der Waals surface area contributed by atoms with Gasteiger partial charge in [-0.1, -0.05) is 291 Å². The third kappa shape index (κ3) is 21.2. The van der Waals surface area contributed by atoms with Gasteiger partial charge in [-0.3, -0.25) is 28.8 Å². The minimum Gasteiger partial charge on any atom is -0.422 e. The Kier molecular flexibility index (Phi) is 27.9. The van der Waals surface area contributed by atoms with Gasteiger partial charge >= 0.3 is 35.8 Å². The minimum absolute atomic E-state index is 0.0275. The number of carbonyl (C=O) groups excluding carboxylic acids is 12. The first kappa shape index (κ1) is 93.8. The lowest BCUT2D eigenvalue weighted by atomic mass is 9.86. The molecule has 0 radical (unpaired) electrons. The van der Waals surface area contributed by atoms with Crippen LogP contribution in [0.25, 0.3) is 0 Å². The van der Waals surface area contributed by atoms with Crippen molar-refractivity contribution < 1.29 is 86.0 Å². The van der Waals surface area contributed by atoms with Crippen LogP contribution in [-0.2, 0) is 38.5 Å². The first-order valence-electron chi connectivity index (χ1n) is 46.5. The fourth-order valence-electron chi connectivity index (χ4n) is 17.8. The Morgan fingerprint density at radius 2 is 0.208 bits per heavy atom. The SMILES string of the molecule is O=C(Oc1c2cc(C(=O)c3ccccc3)cc1Cc1cc(C(=O)c3ccccc3)cc(c1OC(=O)c1ccccc1)Cc1cc(C(=O)c3ccccc3)cc(c1OC(=O)c1ccccc1)Cc1cc(C(=O)c3ccccc3)cc(c1OC(=O)c1ccccc1)Cc1cc(C(=O)c3ccccc3)cc(c1OC(=O)c1ccccc1)Cc1cc(C(=O)c3ccccc3)cc(c1OC(=O)c1ccccc1)C2)c1ccccc1. The molecule has 18 nitrogen and oxygen atoms in total. The van der Waals surface area contributed by atoms with Crippen LogP contribution < -0.4 is 28.4 Å². The van der Waals surface area contributed by atoms with Crippen molar-refractivity contribution in [3.8, 4) is 34.5 Å². The third-order valence-corrected chi connectivity index (χ3v) is 24.8. The Bertz CT molecular complexity index is 6660. The van der Waals surface area contributed by atoms with Crippen LogP contribution in [0.4, 0.5) is 0 Å². The third-order valence-electron chi connectivity index (χ3n) is 24.8. The molecule has 0 heterocycles. The van der Waals surface area contributed by atoms with E-state index in [1.807, 2.05) is 0 Å². The highest BCUT2D eigenvalue weighted by molar-refractivity contribution is 6.14. The van der Waals surface area contributed by atoms with Crippen LogP contribution in [-0.4, -0.2) is 70.5 Å². The zero-order valence-corrected chi connectivity index (χ0v) is 77.2. The molecule has 18 aromatic carbocycles. The number of rotatable bonds is 24. The highest BCUT2D eigenvalue weighted by Gasteiger charge is 2.34. The van der Waals surface area contributed by atoms with Crippen LogP contribution in [0.5, 0.6) is 34.5 Å². The zero-order chi connectivity index (χ0) is 99.1. The first-order valence-corrected chi connectivity index (χ1v) is 46.5. The van der Waals surface area contributed by atoms with Gasteiger partial charge in [0.2, 0.25) is 0 Å². The largest absolute Gasteiger partial charge is 0.422 e. The van der Waals surface area contributed by atoms with E-state index >= 15 is 57.5 Å². The molecule has 12 bridgehead atoms. The summed E-state index contributed by atoms with van der Waals surface area (Å²) >= 11 is 0. The van der Waals surface area contributed by atoms with E-state index in [2.05, 4.69) is 0 Å². The van der Waals surface area contributed by atoms with E-state index < -0.39 is 109 Å². The number of fused-ring (bicyclic) bond motifs is 12. The summed E-state index contributed by atoms with van der Waals surface area (Å²) in [5.74, 6) is -10.3. The molecule has 0 spiro atoms. The lowest BCUT2D eigenvalue weighted by Crippen LogP contribution is -2.18. The van der Waals surface area contributed by atoms with E-state index in [4.69, 9.17) is 28.4 Å². The molecule has 696 valence electrons. The molecule has 0 fully saturated rings. The number of hydrogen-bond acceptors (Lipinski definition) is 18. The summed E-state index contributed by atoms with van der Waals surface area (Å²) in [5.41, 5.74) is 1.64. The normalized spacial score (nSPS) is 11.5. The summed E-state index contributed by atoms with van der Waals surface area (Å²) in [4.78, 5) is 191. The van der Waals surface area contributed by atoms with Gasteiger partial charge in [0.1, 0.15) is 34.5 Å². The predicted octanol–water partition coefficient (Wildman–Crippen LogP) is 24.2. The minimum atomic E-state index is -0.925. The van der Waals surface area contributed by atoms with Crippen molar-refractivity contribution in [3.05, 3.63) is 604 Å². The summed E-state index contributed by atoms with van der Waals surface area (Å²) in [5, 5.41) is 0. The van der Waals surface area contributed by atoms with Crippen LogP contribution in [0.1, 0.15) is 224 Å². The van der Waals surface area contributed by atoms with Crippen LogP contribution >= 0.6 is 0 Å². The Hall–Kier alpha value is -19.2. The topological polar surface area (TPSA) is 260 Å². The maximum Gasteiger partial charge on any atom is 0.343 e. The van der Waals surface area contributed by atoms with Crippen molar-refractivity contribution in [3.63, 3.8) is 0 Å². The van der Waals surface area contributed by atoms with E-state index in [0.29, 0.717) is 0 Å². The summed E-state index contributed by atoms with van der Waals surface area (Å²) in [6.45, 7) is 0. The summed E-state index contributed by atoms with van der Waals surface area (Å²) in [7, 11) is 0. The number of ether oxygens (including phenoxy) is 6. The molecule has 1 aliphatic rings. The number of carbonyl (C=O) groups is 12. The maximum absolute atomic E-state index is 16.1. The Morgan fingerprint density at radius 3 is 0.306 bits per heavy atom. The molecule has 0 atom stereocenters. The van der Waals surface area contributed by atoms with Crippen LogP contribution in [0.15, 0.2) is 437 Å². The second-order valence-corrected chi connectivity index (χ2v) is 34.5. The lowest BCUT2D eigenvalue weighted by molar-refractivity contribution is 0.0720. The molecule has 0 saturated carbocycles. The van der Waals surface area contributed by atoms with Gasteiger partial charge in [-0.25, -0.2) is 28.8 Å². The quantitative estimate of drug-likeness (QED) is 0.0309. The molecular formula is C126H84O18. The average Bonchev–Trinajstić information content (AvgIpc) is 0.761. The lowest BCUT2D eigenvalue weighted by Gasteiger charge is -2.24. The monoisotopic (exact) mass is 1880 g/mol. The Balaban J connectivity index is 0.989. The van der Waals surface area contributed by atoms with E-state index in [-0.39, 0.29) is 201 Å². The molecule has 0 N–H and O–H groups in total. The summed E-state index contributed by atoms with van der Waals surface area (Å²) in [6, 6.07) is 117. The summed E-state index contributed by atoms with van der Waals surface area (Å²) in [6.07, 6.45) is -3.18. The van der Waals surface area contributed by atoms with Gasteiger partial charge in [0.15, 0.2) is 34.7 Å². The van der Waals surface area contributed by atoms with E-state index in [0.717, 1.165) is 0 Å². The van der Waals surface area contributed by atoms with Gasteiger partial charge < -0.3 is 28.4 Å². The van der Waals surface area contributed by atoms with Crippen molar-refractivity contribution in [2.24, 2.45) is 0 Å². The Labute approximate surface area is 828 Å². The molecule has 18 aromatic rings. The molecule has 1 aliphatic carbocycles. The fraction of sp³-hybridized carbons (Fsp3) is 0.0476. The van der Waals surface area contributed by atoms with Crippen molar-refractivity contribution in [1.82, 2.24) is 0 Å². The van der Waals surface area contributed by atoms with Gasteiger partial charge in [0.25, 0.3) is 0 Å². The summed E-state index contributed by atoms with van der Waals surface area (Å²) < 4.78 is 41.8. The maximum atomic E-state index is 16.1. The molecule has 0 aliphatic heterocycles. The van der Waals surface area contributed by atoms with Crippen molar-refractivity contribution in [2.45, 2.75) is 38.5 Å². The van der Waals surface area contributed by atoms with Gasteiger partial charge in [-0.2, -0.15) is 0 Å². The molecule has 19 rings (SSSR count). The highest BCUT2D eigenvalue weighted by atomic mass is 16.6. The molecule has 0 unspecified atom stereocenters. The van der Waals surface area contributed by atoms with Gasteiger partial charge in [0.05, 0.1) is 33.4 Å². The standard InChI is InChI=1S/C126H84O18/c127-109(79-37-13-1-14-38-79)91-61-97-73-99-63-92(110(128)80-39-15-2-16-40-80)65-101(116(99)140-122(134)86-51-27-8-28-52-86)75-103-67-94(112(130)82-43-19-4-20-44-82)69-105(118(103)142-124(136)88-55-31-10-32-56-88)77-107-71-96(114(132)84-47-23-6-24-48-84)72-108(120(107)144-126(138)90-59-35-12-36-60-90)78-106-70-95(113(131)83-45-21-5-22-46-83)68-104(119(106)143-125(137)89-57-33-11-34-58-89)76-102-66-93(111(129)81-41-17-3-18-42-81)64-100(117(102)141-123(135)87-53-29-9-30-54-87)74-98(62-91)115(97)139-121(133)85-49-25-7-26-50-85/h1-72H,73-78H2. The second kappa shape index (κ2) is 42.8. The molecule has 18 heteroatoms. The zero-order valence-electron chi connectivity index (χ0n) is 77.2. The first-order chi connectivity index (χ1) is 70.3. The number of benzene rings is 18. The van der Waals surface area contributed by atoms with Crippen LogP contribution in [0.2, 0.25) is 0 Å². The average molecular weight is 1890 g/mol. The highest BCUT2D eigenvalue weighted by Crippen LogP contribution is 2.46. The van der Waals surface area contributed by atoms with E-state index in [1.54, 1.807) is 291 Å². The Morgan fingerprint density at radius 1 is 0.118 bits per heavy atom. The molecule has 144 heavy (non-hydrogen) atoms. The molecule has 0 amide bonds. The van der Waals surface area contributed by atoms with Crippen molar-refractivity contribution in [1.29, 1.82) is 0 Å². The molecular weight excluding hydrogens is 1800 g/mol. The van der Waals surface area contributed by atoms with E-state index in [1.165, 1.54) is 146 Å². The van der Waals surface area contributed by atoms with Crippen molar-refractivity contribution in [2.75, 3.05) is 0 Å².